The summed E-state index contributed by atoms with van der Waals surface area (Å²) in [6.45, 7) is 0.981. The van der Waals surface area contributed by atoms with Crippen molar-refractivity contribution in [1.82, 2.24) is 9.62 Å². The Kier molecular flexibility index (Phi) is 6.78. The van der Waals surface area contributed by atoms with Crippen LogP contribution in [-0.2, 0) is 20.6 Å². The third-order valence-corrected chi connectivity index (χ3v) is 7.16. The van der Waals surface area contributed by atoms with Crippen LogP contribution in [0.1, 0.15) is 24.8 Å². The minimum Gasteiger partial charge on any atom is -0.354 e. The van der Waals surface area contributed by atoms with Gasteiger partial charge in [0.25, 0.3) is 0 Å². The first-order valence-corrected chi connectivity index (χ1v) is 12.3. The van der Waals surface area contributed by atoms with E-state index in [4.69, 9.17) is 0 Å². The molecule has 3 rings (SSSR count). The zero-order chi connectivity index (χ0) is 19.3. The molecule has 2 aromatic carbocycles. The highest BCUT2D eigenvalue weighted by Gasteiger charge is 2.34. The number of hydrogen-bond donors (Lipinski definition) is 1. The monoisotopic (exact) mass is 406 g/mol. The molecular weight excluding hydrogens is 380 g/mol. The summed E-state index contributed by atoms with van der Waals surface area (Å²) in [5, 5.41) is 5.42. The third-order valence-electron chi connectivity index (χ3n) is 4.87. The Balaban J connectivity index is 1.47. The number of thioether (sulfide) groups is 1. The highest BCUT2D eigenvalue weighted by atomic mass is 32.2. The standard InChI is InChI=1S/C20H26N2O3S2/c1-27(24,25)22-13-5-4-11-19(22)20(23)21-12-14-26-15-17-9-6-8-16-7-2-3-10-18(16)17/h2-3,6-10,19H,4-5,11-15H2,1H3,(H,21,23). The van der Waals surface area contributed by atoms with Crippen LogP contribution in [0.5, 0.6) is 0 Å². The molecule has 0 spiro atoms. The molecule has 1 amide bonds. The highest BCUT2D eigenvalue weighted by molar-refractivity contribution is 7.98. The van der Waals surface area contributed by atoms with Crippen LogP contribution in [0.2, 0.25) is 0 Å². The van der Waals surface area contributed by atoms with Gasteiger partial charge in [-0.2, -0.15) is 16.1 Å². The van der Waals surface area contributed by atoms with Crippen molar-refractivity contribution in [1.29, 1.82) is 0 Å². The number of carbonyl (C=O) groups is 1. The van der Waals surface area contributed by atoms with Gasteiger partial charge in [0.05, 0.1) is 6.26 Å². The van der Waals surface area contributed by atoms with Crippen LogP contribution in [0.15, 0.2) is 42.5 Å². The molecule has 1 heterocycles. The fourth-order valence-corrected chi connectivity index (χ4v) is 5.52. The first-order valence-electron chi connectivity index (χ1n) is 9.26. The van der Waals surface area contributed by atoms with E-state index in [1.54, 1.807) is 11.8 Å². The number of carbonyl (C=O) groups excluding carboxylic acids is 1. The Bertz CT molecular complexity index is 894. The van der Waals surface area contributed by atoms with Crippen molar-refractivity contribution in [3.63, 3.8) is 0 Å². The van der Waals surface area contributed by atoms with E-state index in [2.05, 4.69) is 41.7 Å². The van der Waals surface area contributed by atoms with E-state index in [9.17, 15) is 13.2 Å². The summed E-state index contributed by atoms with van der Waals surface area (Å²) in [5.41, 5.74) is 1.29. The van der Waals surface area contributed by atoms with Crippen molar-refractivity contribution < 1.29 is 13.2 Å². The molecule has 0 aromatic heterocycles. The van der Waals surface area contributed by atoms with Gasteiger partial charge in [0, 0.05) is 24.6 Å². The smallest absolute Gasteiger partial charge is 0.238 e. The number of rotatable bonds is 7. The lowest BCUT2D eigenvalue weighted by atomic mass is 10.0. The summed E-state index contributed by atoms with van der Waals surface area (Å²) in [5.74, 6) is 1.50. The first-order chi connectivity index (χ1) is 13.0. The van der Waals surface area contributed by atoms with Crippen LogP contribution >= 0.6 is 11.8 Å². The molecular formula is C20H26N2O3S2. The van der Waals surface area contributed by atoms with Gasteiger partial charge in [-0.25, -0.2) is 8.42 Å². The summed E-state index contributed by atoms with van der Waals surface area (Å²) in [4.78, 5) is 12.4. The third kappa shape index (κ3) is 5.24. The van der Waals surface area contributed by atoms with Crippen molar-refractivity contribution in [2.75, 3.05) is 25.1 Å². The van der Waals surface area contributed by atoms with E-state index < -0.39 is 16.1 Å². The molecule has 1 fully saturated rings. The normalized spacial score (nSPS) is 18.5. The zero-order valence-electron chi connectivity index (χ0n) is 15.6. The molecule has 1 atom stereocenters. The summed E-state index contributed by atoms with van der Waals surface area (Å²) in [7, 11) is -3.34. The van der Waals surface area contributed by atoms with E-state index in [1.165, 1.54) is 26.9 Å². The average molecular weight is 407 g/mol. The van der Waals surface area contributed by atoms with Crippen molar-refractivity contribution in [3.05, 3.63) is 48.0 Å². The van der Waals surface area contributed by atoms with Gasteiger partial charge < -0.3 is 5.32 Å². The van der Waals surface area contributed by atoms with E-state index in [1.807, 2.05) is 6.07 Å². The fourth-order valence-electron chi connectivity index (χ4n) is 3.53. The van der Waals surface area contributed by atoms with E-state index in [0.29, 0.717) is 19.5 Å². The molecule has 0 saturated carbocycles. The molecule has 27 heavy (non-hydrogen) atoms. The molecule has 1 aliphatic heterocycles. The van der Waals surface area contributed by atoms with Gasteiger partial charge in [0.15, 0.2) is 0 Å². The number of piperidine rings is 1. The van der Waals surface area contributed by atoms with Crippen molar-refractivity contribution in [2.24, 2.45) is 0 Å². The Morgan fingerprint density at radius 2 is 1.96 bits per heavy atom. The lowest BCUT2D eigenvalue weighted by Gasteiger charge is -2.32. The second-order valence-electron chi connectivity index (χ2n) is 6.87. The Hall–Kier alpha value is -1.57. The first kappa shape index (κ1) is 20.2. The van der Waals surface area contributed by atoms with E-state index >= 15 is 0 Å². The zero-order valence-corrected chi connectivity index (χ0v) is 17.2. The highest BCUT2D eigenvalue weighted by Crippen LogP contribution is 2.23. The lowest BCUT2D eigenvalue weighted by molar-refractivity contribution is -0.125. The van der Waals surface area contributed by atoms with Gasteiger partial charge >= 0.3 is 0 Å². The predicted molar refractivity (Wildman–Crippen MR) is 112 cm³/mol. The van der Waals surface area contributed by atoms with E-state index in [-0.39, 0.29) is 5.91 Å². The van der Waals surface area contributed by atoms with Gasteiger partial charge in [0.1, 0.15) is 6.04 Å². The molecule has 0 bridgehead atoms. The van der Waals surface area contributed by atoms with Gasteiger partial charge in [-0.1, -0.05) is 48.9 Å². The number of hydrogen-bond acceptors (Lipinski definition) is 4. The van der Waals surface area contributed by atoms with Crippen molar-refractivity contribution in [2.45, 2.75) is 31.1 Å². The lowest BCUT2D eigenvalue weighted by Crippen LogP contribution is -2.51. The molecule has 1 aliphatic rings. The maximum absolute atomic E-state index is 12.4. The molecule has 1 saturated heterocycles. The average Bonchev–Trinajstić information content (AvgIpc) is 2.67. The molecule has 2 aromatic rings. The second-order valence-corrected chi connectivity index (χ2v) is 9.91. The number of nitrogens with one attached hydrogen (secondary N) is 1. The molecule has 1 unspecified atom stereocenters. The predicted octanol–water partition coefficient (Wildman–Crippen LogP) is 3.00. The summed E-state index contributed by atoms with van der Waals surface area (Å²) < 4.78 is 25.1. The van der Waals surface area contributed by atoms with Gasteiger partial charge in [-0.15, -0.1) is 0 Å². The number of nitrogens with zero attached hydrogens (tertiary/aromatic N) is 1. The minimum atomic E-state index is -3.34. The van der Waals surface area contributed by atoms with Crippen molar-refractivity contribution in [3.8, 4) is 0 Å². The van der Waals surface area contributed by atoms with Crippen LogP contribution in [0.4, 0.5) is 0 Å². The molecule has 0 radical (unpaired) electrons. The number of amides is 1. The number of benzene rings is 2. The molecule has 7 heteroatoms. The van der Waals surface area contributed by atoms with Crippen LogP contribution in [0.3, 0.4) is 0 Å². The molecule has 1 N–H and O–H groups in total. The topological polar surface area (TPSA) is 66.5 Å². The largest absolute Gasteiger partial charge is 0.354 e. The Labute approximate surface area is 165 Å². The Morgan fingerprint density at radius 1 is 1.19 bits per heavy atom. The van der Waals surface area contributed by atoms with Gasteiger partial charge in [0.2, 0.25) is 15.9 Å². The quantitative estimate of drug-likeness (QED) is 0.718. The van der Waals surface area contributed by atoms with Crippen LogP contribution in [-0.4, -0.2) is 49.8 Å². The summed E-state index contributed by atoms with van der Waals surface area (Å²) in [6, 6.07) is 14.1. The summed E-state index contributed by atoms with van der Waals surface area (Å²) in [6.07, 6.45) is 3.48. The molecule has 0 aliphatic carbocycles. The maximum atomic E-state index is 12.4. The van der Waals surface area contributed by atoms with Crippen LogP contribution < -0.4 is 5.32 Å². The van der Waals surface area contributed by atoms with Crippen LogP contribution in [0, 0.1) is 0 Å². The summed E-state index contributed by atoms with van der Waals surface area (Å²) >= 11 is 1.77. The fraction of sp³-hybridized carbons (Fsp3) is 0.450. The molecule has 146 valence electrons. The number of fused-ring (bicyclic) bond motifs is 1. The maximum Gasteiger partial charge on any atom is 0.238 e. The van der Waals surface area contributed by atoms with Gasteiger partial charge in [-0.05, 0) is 29.2 Å². The SMILES string of the molecule is CS(=O)(=O)N1CCCCC1C(=O)NCCSCc1cccc2ccccc12. The molecule has 5 nitrogen and oxygen atoms in total. The van der Waals surface area contributed by atoms with Crippen molar-refractivity contribution >= 4 is 38.5 Å². The second kappa shape index (κ2) is 9.08. The minimum absolute atomic E-state index is 0.175. The number of sulfonamides is 1. The van der Waals surface area contributed by atoms with Crippen LogP contribution in [0.25, 0.3) is 10.8 Å². The van der Waals surface area contributed by atoms with E-state index in [0.717, 1.165) is 24.3 Å². The Morgan fingerprint density at radius 3 is 2.78 bits per heavy atom. The van der Waals surface area contributed by atoms with Gasteiger partial charge in [-0.3, -0.25) is 4.79 Å².